The highest BCUT2D eigenvalue weighted by Gasteiger charge is 2.56. The molecule has 1 heterocycles. The van der Waals surface area contributed by atoms with Crippen molar-refractivity contribution in [1.82, 2.24) is 4.90 Å². The molecule has 0 unspecified atom stereocenters. The summed E-state index contributed by atoms with van der Waals surface area (Å²) >= 11 is 5.95. The predicted octanol–water partition coefficient (Wildman–Crippen LogP) is 2.72. The van der Waals surface area contributed by atoms with Gasteiger partial charge < -0.3 is 5.73 Å². The lowest BCUT2D eigenvalue weighted by Gasteiger charge is -2.18. The third kappa shape index (κ3) is 3.07. The molecule has 0 bridgehead atoms. The highest BCUT2D eigenvalue weighted by Crippen LogP contribution is 2.47. The molecule has 1 saturated carbocycles. The number of likely N-dealkylation sites (tertiary alicyclic amines) is 1. The molecule has 3 rings (SSSR count). The van der Waals surface area contributed by atoms with E-state index in [0.717, 1.165) is 30.6 Å². The number of rotatable bonds is 2. The molecule has 0 aromatic heterocycles. The largest absolute Gasteiger partial charge is 0.324 e. The van der Waals surface area contributed by atoms with Crippen LogP contribution in [0.15, 0.2) is 24.3 Å². The van der Waals surface area contributed by atoms with Gasteiger partial charge in [0.1, 0.15) is 0 Å². The number of hydrogen-bond donors (Lipinski definition) is 1. The van der Waals surface area contributed by atoms with Crippen LogP contribution >= 0.6 is 36.4 Å². The van der Waals surface area contributed by atoms with E-state index in [1.54, 1.807) is 0 Å². The monoisotopic (exact) mass is 294 g/mol. The number of hydrogen-bond acceptors (Lipinski definition) is 2. The van der Waals surface area contributed by atoms with E-state index in [9.17, 15) is 0 Å². The maximum atomic E-state index is 6.16. The van der Waals surface area contributed by atoms with Gasteiger partial charge in [-0.3, -0.25) is 4.90 Å². The van der Waals surface area contributed by atoms with Gasteiger partial charge in [-0.2, -0.15) is 0 Å². The molecule has 2 nitrogen and oxygen atoms in total. The minimum absolute atomic E-state index is 0. The maximum Gasteiger partial charge on any atom is 0.0409 e. The van der Waals surface area contributed by atoms with Gasteiger partial charge in [-0.1, -0.05) is 23.7 Å². The minimum Gasteiger partial charge on any atom is -0.324 e. The molecular formula is C12H17Cl3N2. The average molecular weight is 296 g/mol. The third-order valence-corrected chi connectivity index (χ3v) is 3.81. The van der Waals surface area contributed by atoms with Crippen molar-refractivity contribution in [3.8, 4) is 0 Å². The van der Waals surface area contributed by atoms with Gasteiger partial charge in [-0.25, -0.2) is 0 Å². The van der Waals surface area contributed by atoms with Crippen LogP contribution in [-0.2, 0) is 6.54 Å². The number of nitrogens with two attached hydrogens (primary N) is 1. The van der Waals surface area contributed by atoms with Crippen LogP contribution in [0.2, 0.25) is 5.02 Å². The Labute approximate surface area is 119 Å². The molecule has 1 aromatic carbocycles. The normalized spacial score (nSPS) is 30.1. The zero-order valence-electron chi connectivity index (χ0n) is 9.43. The minimum atomic E-state index is 0. The second-order valence-electron chi connectivity index (χ2n) is 4.93. The van der Waals surface area contributed by atoms with Gasteiger partial charge >= 0.3 is 0 Å². The number of fused-ring (bicyclic) bond motifs is 1. The summed E-state index contributed by atoms with van der Waals surface area (Å²) in [5, 5.41) is 0.819. The first-order valence-electron chi connectivity index (χ1n) is 5.41. The Kier molecular flexibility index (Phi) is 4.73. The van der Waals surface area contributed by atoms with Gasteiger partial charge in [0.2, 0.25) is 0 Å². The zero-order chi connectivity index (χ0) is 10.5. The first-order valence-corrected chi connectivity index (χ1v) is 5.79. The summed E-state index contributed by atoms with van der Waals surface area (Å²) in [7, 11) is 0. The number of nitrogens with zero attached hydrogens (tertiary/aromatic N) is 1. The fourth-order valence-electron chi connectivity index (χ4n) is 2.65. The number of halogens is 3. The van der Waals surface area contributed by atoms with E-state index in [1.165, 1.54) is 12.0 Å². The van der Waals surface area contributed by atoms with Crippen molar-refractivity contribution in [1.29, 1.82) is 0 Å². The van der Waals surface area contributed by atoms with Gasteiger partial charge in [0.25, 0.3) is 0 Å². The first kappa shape index (κ1) is 15.1. The Bertz CT molecular complexity index is 399. The molecule has 5 heteroatoms. The summed E-state index contributed by atoms with van der Waals surface area (Å²) in [4.78, 5) is 2.43. The average Bonchev–Trinajstić information content (AvgIpc) is 2.65. The number of benzene rings is 1. The number of piperidine rings is 1. The van der Waals surface area contributed by atoms with E-state index in [4.69, 9.17) is 17.3 Å². The van der Waals surface area contributed by atoms with Crippen LogP contribution in [0.25, 0.3) is 0 Å². The van der Waals surface area contributed by atoms with Crippen LogP contribution in [0, 0.1) is 5.92 Å². The molecule has 2 fully saturated rings. The van der Waals surface area contributed by atoms with E-state index in [0.29, 0.717) is 0 Å². The van der Waals surface area contributed by atoms with Crippen molar-refractivity contribution in [3.63, 3.8) is 0 Å². The van der Waals surface area contributed by atoms with Crippen molar-refractivity contribution >= 4 is 36.4 Å². The van der Waals surface area contributed by atoms with Crippen LogP contribution in [-0.4, -0.2) is 23.5 Å². The van der Waals surface area contributed by atoms with Crippen molar-refractivity contribution in [3.05, 3.63) is 34.9 Å². The van der Waals surface area contributed by atoms with Gasteiger partial charge in [0.15, 0.2) is 0 Å². The quantitative estimate of drug-likeness (QED) is 0.909. The summed E-state index contributed by atoms with van der Waals surface area (Å²) in [5.74, 6) is 0.747. The van der Waals surface area contributed by atoms with Gasteiger partial charge in [0.05, 0.1) is 0 Å². The molecule has 0 amide bonds. The third-order valence-electron chi connectivity index (χ3n) is 3.57. The van der Waals surface area contributed by atoms with Crippen LogP contribution in [0.4, 0.5) is 0 Å². The van der Waals surface area contributed by atoms with E-state index >= 15 is 0 Å². The first-order chi connectivity index (χ1) is 7.16. The molecule has 0 radical (unpaired) electrons. The molecule has 1 saturated heterocycles. The predicted molar refractivity (Wildman–Crippen MR) is 76.3 cm³/mol. The van der Waals surface area contributed by atoms with Crippen LogP contribution < -0.4 is 5.73 Å². The molecule has 2 atom stereocenters. The molecule has 1 aliphatic carbocycles. The molecule has 17 heavy (non-hydrogen) atoms. The molecule has 1 aliphatic heterocycles. The summed E-state index contributed by atoms with van der Waals surface area (Å²) in [6, 6.07) is 8.08. The highest BCUT2D eigenvalue weighted by molar-refractivity contribution is 6.30. The SMILES string of the molecule is Cl.Cl.N[C@]12C[C@H]1CN(Cc1cccc(Cl)c1)C2. The zero-order valence-corrected chi connectivity index (χ0v) is 11.8. The fraction of sp³-hybridized carbons (Fsp3) is 0.500. The second-order valence-corrected chi connectivity index (χ2v) is 5.37. The van der Waals surface area contributed by atoms with E-state index in [2.05, 4.69) is 11.0 Å². The molecular weight excluding hydrogens is 279 g/mol. The Morgan fingerprint density at radius 3 is 2.76 bits per heavy atom. The molecule has 1 aromatic rings. The van der Waals surface area contributed by atoms with Crippen LogP contribution in [0.1, 0.15) is 12.0 Å². The lowest BCUT2D eigenvalue weighted by atomic mass is 10.2. The molecule has 2 aliphatic rings. The summed E-state index contributed by atoms with van der Waals surface area (Å²) in [5.41, 5.74) is 7.59. The van der Waals surface area contributed by atoms with Crippen LogP contribution in [0.3, 0.4) is 0 Å². The van der Waals surface area contributed by atoms with Gasteiger partial charge in [-0.05, 0) is 30.0 Å². The van der Waals surface area contributed by atoms with E-state index in [-0.39, 0.29) is 30.4 Å². The highest BCUT2D eigenvalue weighted by atomic mass is 35.5. The molecule has 96 valence electrons. The van der Waals surface area contributed by atoms with Gasteiger partial charge in [-0.15, -0.1) is 24.8 Å². The maximum absolute atomic E-state index is 6.16. The molecule has 2 N–H and O–H groups in total. The van der Waals surface area contributed by atoms with Crippen molar-refractivity contribution in [2.45, 2.75) is 18.5 Å². The summed E-state index contributed by atoms with van der Waals surface area (Å²) < 4.78 is 0. The van der Waals surface area contributed by atoms with Crippen molar-refractivity contribution in [2.75, 3.05) is 13.1 Å². The van der Waals surface area contributed by atoms with E-state index in [1.807, 2.05) is 18.2 Å². The topological polar surface area (TPSA) is 29.3 Å². The Morgan fingerprint density at radius 2 is 2.18 bits per heavy atom. The van der Waals surface area contributed by atoms with Crippen molar-refractivity contribution < 1.29 is 0 Å². The van der Waals surface area contributed by atoms with Gasteiger partial charge in [0, 0.05) is 30.2 Å². The lowest BCUT2D eigenvalue weighted by molar-refractivity contribution is 0.291. The summed E-state index contributed by atoms with van der Waals surface area (Å²) in [6.45, 7) is 3.18. The second kappa shape index (κ2) is 5.33. The smallest absolute Gasteiger partial charge is 0.0409 e. The Morgan fingerprint density at radius 1 is 1.41 bits per heavy atom. The van der Waals surface area contributed by atoms with Crippen LogP contribution in [0.5, 0.6) is 0 Å². The molecule has 0 spiro atoms. The fourth-order valence-corrected chi connectivity index (χ4v) is 2.86. The standard InChI is InChI=1S/C12H15ClN2.2ClH/c13-11-3-1-2-9(4-11)6-15-7-10-5-12(10,14)8-15;;/h1-4,10H,5-8,14H2;2*1H/t10-,12-;;/m0../s1. The summed E-state index contributed by atoms with van der Waals surface area (Å²) in [6.07, 6.45) is 1.22. The Hall–Kier alpha value is 0.01000. The van der Waals surface area contributed by atoms with Crippen molar-refractivity contribution in [2.24, 2.45) is 11.7 Å². The lowest BCUT2D eigenvalue weighted by Crippen LogP contribution is -2.32. The Balaban J connectivity index is 0.000000722. The van der Waals surface area contributed by atoms with E-state index < -0.39 is 0 Å².